The van der Waals surface area contributed by atoms with Crippen molar-refractivity contribution in [1.82, 2.24) is 5.32 Å². The van der Waals surface area contributed by atoms with Crippen LogP contribution in [0, 0.1) is 6.92 Å². The number of amides is 1. The Morgan fingerprint density at radius 1 is 1.11 bits per heavy atom. The fourth-order valence-corrected chi connectivity index (χ4v) is 2.94. The molecule has 27 heavy (non-hydrogen) atoms. The molecule has 0 saturated carbocycles. The van der Waals surface area contributed by atoms with Gasteiger partial charge in [-0.1, -0.05) is 18.2 Å². The molecule has 0 unspecified atom stereocenters. The van der Waals surface area contributed by atoms with Crippen molar-refractivity contribution in [3.05, 3.63) is 59.2 Å². The fourth-order valence-electron chi connectivity index (χ4n) is 2.29. The minimum Gasteiger partial charge on any atom is -0.497 e. The lowest BCUT2D eigenvalue weighted by Crippen LogP contribution is -2.28. The maximum absolute atomic E-state index is 12.2. The Labute approximate surface area is 158 Å². The second-order valence-corrected chi connectivity index (χ2v) is 7.97. The van der Waals surface area contributed by atoms with Gasteiger partial charge in [0.1, 0.15) is 5.75 Å². The third-order valence-corrected chi connectivity index (χ3v) is 4.93. The largest absolute Gasteiger partial charge is 0.497 e. The Kier molecular flexibility index (Phi) is 6.57. The van der Waals surface area contributed by atoms with Crippen molar-refractivity contribution in [2.45, 2.75) is 18.4 Å². The SMILES string of the molecule is COc1cccc(CNC(=O)COC(=O)c2cc(S(C)(=O)=O)ccc2C)c1. The second-order valence-electron chi connectivity index (χ2n) is 5.95. The summed E-state index contributed by atoms with van der Waals surface area (Å²) in [6.45, 7) is 1.45. The number of rotatable bonds is 7. The molecule has 1 amide bonds. The van der Waals surface area contributed by atoms with Gasteiger partial charge in [-0.05, 0) is 42.3 Å². The standard InChI is InChI=1S/C19H21NO6S/c1-13-7-8-16(27(3,23)24)10-17(13)19(22)26-12-18(21)20-11-14-5-4-6-15(9-14)25-2/h4-10H,11-12H2,1-3H3,(H,20,21). The predicted molar refractivity (Wildman–Crippen MR) is 99.4 cm³/mol. The number of sulfone groups is 1. The molecule has 0 radical (unpaired) electrons. The number of aryl methyl sites for hydroxylation is 1. The molecule has 0 aliphatic heterocycles. The molecule has 0 fully saturated rings. The van der Waals surface area contributed by atoms with Gasteiger partial charge in [-0.2, -0.15) is 0 Å². The van der Waals surface area contributed by atoms with E-state index in [4.69, 9.17) is 9.47 Å². The van der Waals surface area contributed by atoms with Crippen LogP contribution in [-0.4, -0.2) is 40.3 Å². The molecule has 1 N–H and O–H groups in total. The molecular weight excluding hydrogens is 370 g/mol. The first-order valence-corrected chi connectivity index (χ1v) is 9.97. The van der Waals surface area contributed by atoms with Crippen LogP contribution in [0.1, 0.15) is 21.5 Å². The number of carbonyl (C=O) groups is 2. The molecule has 0 saturated heterocycles. The monoisotopic (exact) mass is 391 g/mol. The Hall–Kier alpha value is -2.87. The average Bonchev–Trinajstić information content (AvgIpc) is 2.64. The lowest BCUT2D eigenvalue weighted by molar-refractivity contribution is -0.124. The molecule has 2 aromatic carbocycles. The van der Waals surface area contributed by atoms with E-state index >= 15 is 0 Å². The molecule has 7 nitrogen and oxygen atoms in total. The van der Waals surface area contributed by atoms with E-state index in [1.54, 1.807) is 32.2 Å². The van der Waals surface area contributed by atoms with Gasteiger partial charge in [0.25, 0.3) is 5.91 Å². The Bertz CT molecular complexity index is 952. The summed E-state index contributed by atoms with van der Waals surface area (Å²) in [6.07, 6.45) is 1.05. The van der Waals surface area contributed by atoms with Crippen LogP contribution >= 0.6 is 0 Å². The van der Waals surface area contributed by atoms with E-state index in [2.05, 4.69) is 5.32 Å². The smallest absolute Gasteiger partial charge is 0.338 e. The topological polar surface area (TPSA) is 98.8 Å². The molecule has 144 valence electrons. The normalized spacial score (nSPS) is 10.9. The summed E-state index contributed by atoms with van der Waals surface area (Å²) in [4.78, 5) is 24.1. The average molecular weight is 391 g/mol. The maximum Gasteiger partial charge on any atom is 0.338 e. The fraction of sp³-hybridized carbons (Fsp3) is 0.263. The highest BCUT2D eigenvalue weighted by Gasteiger charge is 2.16. The lowest BCUT2D eigenvalue weighted by Gasteiger charge is -2.10. The first kappa shape index (κ1) is 20.4. The second kappa shape index (κ2) is 8.68. The minimum atomic E-state index is -3.45. The lowest BCUT2D eigenvalue weighted by atomic mass is 10.1. The zero-order valence-corrected chi connectivity index (χ0v) is 16.1. The van der Waals surface area contributed by atoms with Gasteiger partial charge >= 0.3 is 5.97 Å². The van der Waals surface area contributed by atoms with Crippen molar-refractivity contribution >= 4 is 21.7 Å². The molecule has 0 spiro atoms. The Morgan fingerprint density at radius 2 is 1.85 bits per heavy atom. The van der Waals surface area contributed by atoms with Gasteiger partial charge in [0.15, 0.2) is 16.4 Å². The summed E-state index contributed by atoms with van der Waals surface area (Å²) in [5, 5.41) is 2.64. The van der Waals surface area contributed by atoms with E-state index in [1.807, 2.05) is 6.07 Å². The summed E-state index contributed by atoms with van der Waals surface area (Å²) in [5.74, 6) is -0.549. The molecule has 2 aromatic rings. The van der Waals surface area contributed by atoms with E-state index in [-0.39, 0.29) is 17.0 Å². The van der Waals surface area contributed by atoms with E-state index in [1.165, 1.54) is 18.2 Å². The van der Waals surface area contributed by atoms with Gasteiger partial charge < -0.3 is 14.8 Å². The van der Waals surface area contributed by atoms with Crippen LogP contribution in [0.4, 0.5) is 0 Å². The number of ether oxygens (including phenoxy) is 2. The van der Waals surface area contributed by atoms with Crippen LogP contribution in [0.2, 0.25) is 0 Å². The number of hydrogen-bond donors (Lipinski definition) is 1. The zero-order valence-electron chi connectivity index (χ0n) is 15.3. The van der Waals surface area contributed by atoms with Crippen LogP contribution in [0.3, 0.4) is 0 Å². The van der Waals surface area contributed by atoms with Crippen molar-refractivity contribution in [2.75, 3.05) is 20.0 Å². The van der Waals surface area contributed by atoms with E-state index < -0.39 is 28.3 Å². The van der Waals surface area contributed by atoms with Gasteiger partial charge in [0.05, 0.1) is 17.6 Å². The predicted octanol–water partition coefficient (Wildman–Crippen LogP) is 1.88. The highest BCUT2D eigenvalue weighted by atomic mass is 32.2. The summed E-state index contributed by atoms with van der Waals surface area (Å²) in [6, 6.07) is 11.4. The Morgan fingerprint density at radius 3 is 2.52 bits per heavy atom. The number of nitrogens with one attached hydrogen (secondary N) is 1. The molecule has 0 atom stereocenters. The molecule has 2 rings (SSSR count). The van der Waals surface area contributed by atoms with E-state index in [0.717, 1.165) is 11.8 Å². The maximum atomic E-state index is 12.2. The summed E-state index contributed by atoms with van der Waals surface area (Å²) in [5.41, 5.74) is 1.51. The van der Waals surface area contributed by atoms with Crippen LogP contribution < -0.4 is 10.1 Å². The van der Waals surface area contributed by atoms with Crippen molar-refractivity contribution in [2.24, 2.45) is 0 Å². The Balaban J connectivity index is 1.94. The third-order valence-electron chi connectivity index (χ3n) is 3.82. The molecular formula is C19H21NO6S. The van der Waals surface area contributed by atoms with E-state index in [0.29, 0.717) is 11.3 Å². The van der Waals surface area contributed by atoms with Gasteiger partial charge in [0.2, 0.25) is 0 Å². The van der Waals surface area contributed by atoms with Crippen molar-refractivity contribution < 1.29 is 27.5 Å². The third kappa shape index (κ3) is 5.82. The van der Waals surface area contributed by atoms with Crippen molar-refractivity contribution in [3.8, 4) is 5.75 Å². The molecule has 0 aliphatic rings. The quantitative estimate of drug-likeness (QED) is 0.724. The highest BCUT2D eigenvalue weighted by molar-refractivity contribution is 7.90. The number of benzene rings is 2. The van der Waals surface area contributed by atoms with Crippen LogP contribution in [0.15, 0.2) is 47.4 Å². The number of methoxy groups -OCH3 is 1. The van der Waals surface area contributed by atoms with Crippen molar-refractivity contribution in [3.63, 3.8) is 0 Å². The molecule has 0 heterocycles. The first-order chi connectivity index (χ1) is 12.7. The van der Waals surface area contributed by atoms with Crippen LogP contribution in [0.5, 0.6) is 5.75 Å². The zero-order chi connectivity index (χ0) is 20.0. The van der Waals surface area contributed by atoms with Crippen LogP contribution in [-0.2, 0) is 25.9 Å². The summed E-state index contributed by atoms with van der Waals surface area (Å²) < 4.78 is 33.4. The number of hydrogen-bond acceptors (Lipinski definition) is 6. The van der Waals surface area contributed by atoms with Gasteiger partial charge in [-0.3, -0.25) is 4.79 Å². The van der Waals surface area contributed by atoms with Gasteiger partial charge in [0, 0.05) is 12.8 Å². The van der Waals surface area contributed by atoms with Gasteiger partial charge in [-0.25, -0.2) is 13.2 Å². The van der Waals surface area contributed by atoms with Gasteiger partial charge in [-0.15, -0.1) is 0 Å². The number of carbonyl (C=O) groups excluding carboxylic acids is 2. The van der Waals surface area contributed by atoms with Crippen molar-refractivity contribution in [1.29, 1.82) is 0 Å². The summed E-state index contributed by atoms with van der Waals surface area (Å²) >= 11 is 0. The molecule has 0 bridgehead atoms. The minimum absolute atomic E-state index is 0.0162. The van der Waals surface area contributed by atoms with E-state index in [9.17, 15) is 18.0 Å². The highest BCUT2D eigenvalue weighted by Crippen LogP contribution is 2.16. The molecule has 0 aromatic heterocycles. The molecule has 0 aliphatic carbocycles. The molecule has 8 heteroatoms. The summed E-state index contributed by atoms with van der Waals surface area (Å²) in [7, 11) is -1.90. The number of esters is 1. The van der Waals surface area contributed by atoms with Crippen LogP contribution in [0.25, 0.3) is 0 Å². The first-order valence-electron chi connectivity index (χ1n) is 8.08.